The molecule has 1 spiro atoms. The summed E-state index contributed by atoms with van der Waals surface area (Å²) < 4.78 is 0. The minimum atomic E-state index is -1.09. The molecule has 5 unspecified atom stereocenters. The van der Waals surface area contributed by atoms with Crippen LogP contribution in [0, 0.1) is 29.1 Å². The molecule has 26 heavy (non-hydrogen) atoms. The van der Waals surface area contributed by atoms with Crippen LogP contribution in [0.4, 0.5) is 0 Å². The van der Waals surface area contributed by atoms with Gasteiger partial charge in [-0.2, -0.15) is 0 Å². The van der Waals surface area contributed by atoms with Gasteiger partial charge in [0.1, 0.15) is 11.2 Å². The van der Waals surface area contributed by atoms with Gasteiger partial charge in [-0.3, -0.25) is 14.4 Å². The van der Waals surface area contributed by atoms with Gasteiger partial charge in [0, 0.05) is 24.3 Å². The van der Waals surface area contributed by atoms with E-state index in [0.717, 1.165) is 12.0 Å². The third-order valence-corrected chi connectivity index (χ3v) is 6.72. The lowest BCUT2D eigenvalue weighted by Gasteiger charge is -2.45. The second-order valence-corrected chi connectivity index (χ2v) is 9.01. The summed E-state index contributed by atoms with van der Waals surface area (Å²) in [4.78, 5) is 39.1. The largest absolute Gasteiger partial charge is 0.352 e. The molecular formula is C22H31NO3. The molecule has 1 fully saturated rings. The van der Waals surface area contributed by atoms with Crippen LogP contribution in [0.15, 0.2) is 23.3 Å². The van der Waals surface area contributed by atoms with Crippen molar-refractivity contribution in [3.05, 3.63) is 23.3 Å². The van der Waals surface area contributed by atoms with Gasteiger partial charge in [0.15, 0.2) is 5.78 Å². The fourth-order valence-corrected chi connectivity index (χ4v) is 5.46. The highest BCUT2D eigenvalue weighted by Crippen LogP contribution is 2.56. The van der Waals surface area contributed by atoms with Crippen molar-refractivity contribution in [3.63, 3.8) is 0 Å². The molecule has 1 aliphatic heterocycles. The fourth-order valence-electron chi connectivity index (χ4n) is 5.46. The smallest absolute Gasteiger partial charge is 0.234 e. The van der Waals surface area contributed by atoms with Gasteiger partial charge >= 0.3 is 0 Å². The molecule has 1 heterocycles. The summed E-state index contributed by atoms with van der Waals surface area (Å²) in [5.74, 6) is -0.0440. The van der Waals surface area contributed by atoms with E-state index in [1.807, 2.05) is 13.0 Å². The number of hydrogen-bond acceptors (Lipinski definition) is 3. The number of carbonyl (C=O) groups is 3. The van der Waals surface area contributed by atoms with Gasteiger partial charge in [-0.15, -0.1) is 0 Å². The second kappa shape index (κ2) is 6.79. The summed E-state index contributed by atoms with van der Waals surface area (Å²) in [6.45, 7) is 10.5. The lowest BCUT2D eigenvalue weighted by Crippen LogP contribution is -2.53. The molecule has 1 saturated heterocycles. The molecule has 0 aromatic carbocycles. The molecular weight excluding hydrogens is 326 g/mol. The zero-order chi connectivity index (χ0) is 19.2. The molecule has 0 saturated carbocycles. The zero-order valence-corrected chi connectivity index (χ0v) is 16.6. The van der Waals surface area contributed by atoms with E-state index in [9.17, 15) is 14.4 Å². The Bertz CT molecular complexity index is 702. The van der Waals surface area contributed by atoms with Crippen LogP contribution in [0.2, 0.25) is 0 Å². The highest BCUT2D eigenvalue weighted by atomic mass is 16.2. The molecule has 2 aliphatic carbocycles. The number of nitrogens with one attached hydrogen (secondary N) is 1. The van der Waals surface area contributed by atoms with Crippen LogP contribution in [0.3, 0.4) is 0 Å². The number of rotatable bonds is 2. The Morgan fingerprint density at radius 3 is 2.58 bits per heavy atom. The van der Waals surface area contributed by atoms with Gasteiger partial charge in [-0.05, 0) is 38.5 Å². The summed E-state index contributed by atoms with van der Waals surface area (Å²) in [5, 5.41) is 3.17. The van der Waals surface area contributed by atoms with Crippen molar-refractivity contribution in [3.8, 4) is 0 Å². The third kappa shape index (κ3) is 2.87. The average Bonchev–Trinajstić information content (AvgIpc) is 2.84. The molecule has 3 aliphatic rings. The van der Waals surface area contributed by atoms with E-state index in [1.165, 1.54) is 5.57 Å². The lowest BCUT2D eigenvalue weighted by molar-refractivity contribution is -0.147. The number of ketones is 2. The van der Waals surface area contributed by atoms with Crippen LogP contribution in [-0.4, -0.2) is 23.5 Å². The molecule has 1 amide bonds. The van der Waals surface area contributed by atoms with E-state index in [0.29, 0.717) is 18.8 Å². The molecule has 142 valence electrons. The van der Waals surface area contributed by atoms with Gasteiger partial charge in [0.25, 0.3) is 0 Å². The molecule has 0 radical (unpaired) electrons. The molecule has 4 nitrogen and oxygen atoms in total. The lowest BCUT2D eigenvalue weighted by atomic mass is 9.54. The van der Waals surface area contributed by atoms with Crippen LogP contribution in [-0.2, 0) is 14.4 Å². The molecule has 3 rings (SSSR count). The summed E-state index contributed by atoms with van der Waals surface area (Å²) >= 11 is 0. The highest BCUT2D eigenvalue weighted by molar-refractivity contribution is 6.14. The number of carbonyl (C=O) groups excluding carboxylic acids is 3. The Labute approximate surface area is 156 Å². The van der Waals surface area contributed by atoms with Crippen molar-refractivity contribution in [1.29, 1.82) is 0 Å². The first-order chi connectivity index (χ1) is 12.2. The minimum absolute atomic E-state index is 0.00672. The van der Waals surface area contributed by atoms with Crippen molar-refractivity contribution in [1.82, 2.24) is 5.32 Å². The van der Waals surface area contributed by atoms with Crippen molar-refractivity contribution >= 4 is 17.5 Å². The van der Waals surface area contributed by atoms with Crippen LogP contribution in [0.5, 0.6) is 0 Å². The number of Topliss-reactive ketones (excluding diaryl/α,β-unsaturated/α-hetero) is 2. The Morgan fingerprint density at radius 2 is 1.92 bits per heavy atom. The highest BCUT2D eigenvalue weighted by Gasteiger charge is 2.65. The number of hydrogen-bond donors (Lipinski definition) is 1. The average molecular weight is 357 g/mol. The van der Waals surface area contributed by atoms with Crippen molar-refractivity contribution < 1.29 is 14.4 Å². The molecule has 0 aromatic heterocycles. The first kappa shape index (κ1) is 19.1. The van der Waals surface area contributed by atoms with Gasteiger partial charge in [0.05, 0.1) is 6.42 Å². The first-order valence-corrected chi connectivity index (χ1v) is 9.87. The Balaban J connectivity index is 2.17. The maximum Gasteiger partial charge on any atom is 0.234 e. The maximum absolute atomic E-state index is 13.4. The predicted octanol–water partition coefficient (Wildman–Crippen LogP) is 3.61. The van der Waals surface area contributed by atoms with E-state index < -0.39 is 5.41 Å². The maximum atomic E-state index is 13.4. The number of allylic oxidation sites excluding steroid dienone is 4. The topological polar surface area (TPSA) is 63.2 Å². The van der Waals surface area contributed by atoms with Crippen LogP contribution < -0.4 is 5.32 Å². The third-order valence-electron chi connectivity index (χ3n) is 6.72. The van der Waals surface area contributed by atoms with Crippen LogP contribution in [0.1, 0.15) is 60.3 Å². The van der Waals surface area contributed by atoms with E-state index in [4.69, 9.17) is 0 Å². The Kier molecular flexibility index (Phi) is 4.98. The molecule has 4 heteroatoms. The molecule has 0 aromatic rings. The molecule has 1 N–H and O–H groups in total. The van der Waals surface area contributed by atoms with Crippen molar-refractivity contribution in [2.75, 3.05) is 0 Å². The van der Waals surface area contributed by atoms with E-state index in [-0.39, 0.29) is 47.7 Å². The monoisotopic (exact) mass is 357 g/mol. The SMILES string of the molecule is CC1=CCC(=O)CC(=O)C23C(=O)NC(CC(C)C)C2C(C)C(C)=CC3C1. The van der Waals surface area contributed by atoms with Crippen LogP contribution in [0.25, 0.3) is 0 Å². The Morgan fingerprint density at radius 1 is 1.23 bits per heavy atom. The van der Waals surface area contributed by atoms with Gasteiger partial charge in [-0.1, -0.05) is 44.1 Å². The minimum Gasteiger partial charge on any atom is -0.352 e. The van der Waals surface area contributed by atoms with Crippen LogP contribution >= 0.6 is 0 Å². The Hall–Kier alpha value is -1.71. The summed E-state index contributed by atoms with van der Waals surface area (Å²) in [6.07, 6.45) is 5.77. The van der Waals surface area contributed by atoms with Crippen molar-refractivity contribution in [2.45, 2.75) is 66.3 Å². The van der Waals surface area contributed by atoms with E-state index in [1.54, 1.807) is 0 Å². The first-order valence-electron chi connectivity index (χ1n) is 9.87. The van der Waals surface area contributed by atoms with Gasteiger partial charge < -0.3 is 5.32 Å². The molecule has 0 bridgehead atoms. The molecule has 5 atom stereocenters. The fraction of sp³-hybridized carbons (Fsp3) is 0.682. The second-order valence-electron chi connectivity index (χ2n) is 9.01. The summed E-state index contributed by atoms with van der Waals surface area (Å²) in [5.41, 5.74) is 1.26. The zero-order valence-electron chi connectivity index (χ0n) is 16.6. The van der Waals surface area contributed by atoms with Gasteiger partial charge in [-0.25, -0.2) is 0 Å². The quantitative estimate of drug-likeness (QED) is 0.606. The normalized spacial score (nSPS) is 37.8. The van der Waals surface area contributed by atoms with Crippen molar-refractivity contribution in [2.24, 2.45) is 29.1 Å². The van der Waals surface area contributed by atoms with E-state index >= 15 is 0 Å². The van der Waals surface area contributed by atoms with E-state index in [2.05, 4.69) is 39.1 Å². The summed E-state index contributed by atoms with van der Waals surface area (Å²) in [6, 6.07) is -0.00672. The standard InChI is InChI=1S/C22H31NO3/c1-12(2)8-18-20-15(5)14(4)10-16-9-13(3)6-7-17(24)11-19(25)22(16,20)21(26)23-18/h6,10,12,15-16,18,20H,7-9,11H2,1-5H3,(H,23,26). The summed E-state index contributed by atoms with van der Waals surface area (Å²) in [7, 11) is 0. The number of amides is 1. The predicted molar refractivity (Wildman–Crippen MR) is 101 cm³/mol. The van der Waals surface area contributed by atoms with Gasteiger partial charge in [0.2, 0.25) is 5.91 Å².